The van der Waals surface area contributed by atoms with E-state index in [0.29, 0.717) is 12.6 Å². The van der Waals surface area contributed by atoms with Crippen molar-refractivity contribution < 1.29 is 4.79 Å². The second-order valence-corrected chi connectivity index (χ2v) is 6.42. The number of rotatable bonds is 3. The van der Waals surface area contributed by atoms with Gasteiger partial charge in [-0.2, -0.15) is 0 Å². The molecular formula is C16H22ClN3O. The van der Waals surface area contributed by atoms with Gasteiger partial charge in [0.2, 0.25) is 5.91 Å². The first-order valence-corrected chi connectivity index (χ1v) is 8.03. The maximum Gasteiger partial charge on any atom is 0.236 e. The fraction of sp³-hybridized carbons (Fsp3) is 0.562. The molecule has 0 saturated carbocycles. The van der Waals surface area contributed by atoms with Gasteiger partial charge < -0.3 is 9.80 Å². The zero-order chi connectivity index (χ0) is 14.8. The average Bonchev–Trinajstić information content (AvgIpc) is 2.39. The summed E-state index contributed by atoms with van der Waals surface area (Å²) in [5.74, 6) is 0.282. The molecule has 3 rings (SSSR count). The minimum atomic E-state index is 0.282. The Bertz CT molecular complexity index is 518. The van der Waals surface area contributed by atoms with Crippen molar-refractivity contribution in [1.82, 2.24) is 9.80 Å². The van der Waals surface area contributed by atoms with Crippen molar-refractivity contribution in [1.29, 1.82) is 0 Å². The Hall–Kier alpha value is -1.26. The normalized spacial score (nSPS) is 23.0. The zero-order valence-electron chi connectivity index (χ0n) is 12.5. The molecule has 0 spiro atoms. The number of hydrogen-bond donors (Lipinski definition) is 0. The molecule has 0 aliphatic carbocycles. The molecule has 1 atom stereocenters. The Labute approximate surface area is 131 Å². The van der Waals surface area contributed by atoms with Crippen molar-refractivity contribution in [2.24, 2.45) is 0 Å². The summed E-state index contributed by atoms with van der Waals surface area (Å²) in [6, 6.07) is 8.37. The van der Waals surface area contributed by atoms with Crippen molar-refractivity contribution in [2.45, 2.75) is 19.4 Å². The molecule has 0 radical (unpaired) electrons. The molecule has 5 heteroatoms. The van der Waals surface area contributed by atoms with Gasteiger partial charge >= 0.3 is 0 Å². The first-order chi connectivity index (χ1) is 10.1. The highest BCUT2D eigenvalue weighted by molar-refractivity contribution is 6.30. The molecule has 0 aromatic heterocycles. The smallest absolute Gasteiger partial charge is 0.236 e. The van der Waals surface area contributed by atoms with Crippen LogP contribution < -0.4 is 4.90 Å². The standard InChI is InChI=1S/C16H22ClN3O/c1-13-11-20(15-5-2-4-14(17)10-15)9-8-19(13)12-16(21)18-6-3-7-18/h2,4-5,10,13H,3,6-9,11-12H2,1H3. The van der Waals surface area contributed by atoms with Gasteiger partial charge in [-0.3, -0.25) is 9.69 Å². The second kappa shape index (κ2) is 6.24. The van der Waals surface area contributed by atoms with Gasteiger partial charge in [0.05, 0.1) is 6.54 Å². The monoisotopic (exact) mass is 307 g/mol. The molecule has 0 N–H and O–H groups in total. The lowest BCUT2D eigenvalue weighted by molar-refractivity contribution is -0.136. The van der Waals surface area contributed by atoms with Gasteiger partial charge in [-0.05, 0) is 31.5 Å². The van der Waals surface area contributed by atoms with Crippen LogP contribution in [0.2, 0.25) is 5.02 Å². The van der Waals surface area contributed by atoms with Crippen LogP contribution in [0.3, 0.4) is 0 Å². The fourth-order valence-corrected chi connectivity index (χ4v) is 3.16. The van der Waals surface area contributed by atoms with E-state index in [0.717, 1.165) is 44.2 Å². The van der Waals surface area contributed by atoms with Crippen LogP contribution in [0.25, 0.3) is 0 Å². The Morgan fingerprint density at radius 3 is 2.71 bits per heavy atom. The minimum Gasteiger partial charge on any atom is -0.369 e. The van der Waals surface area contributed by atoms with E-state index < -0.39 is 0 Å². The maximum absolute atomic E-state index is 12.1. The number of likely N-dealkylation sites (tertiary alicyclic amines) is 1. The number of anilines is 1. The summed E-state index contributed by atoms with van der Waals surface area (Å²) in [5.41, 5.74) is 1.17. The molecule has 21 heavy (non-hydrogen) atoms. The summed E-state index contributed by atoms with van der Waals surface area (Å²) >= 11 is 6.07. The van der Waals surface area contributed by atoms with Crippen molar-refractivity contribution in [3.63, 3.8) is 0 Å². The van der Waals surface area contributed by atoms with E-state index in [1.807, 2.05) is 23.1 Å². The minimum absolute atomic E-state index is 0.282. The molecule has 2 heterocycles. The van der Waals surface area contributed by atoms with Gasteiger partial charge in [-0.1, -0.05) is 17.7 Å². The van der Waals surface area contributed by atoms with Crippen LogP contribution in [-0.4, -0.2) is 61.0 Å². The van der Waals surface area contributed by atoms with E-state index in [4.69, 9.17) is 11.6 Å². The molecular weight excluding hydrogens is 286 g/mol. The third-order valence-electron chi connectivity index (χ3n) is 4.49. The van der Waals surface area contributed by atoms with Crippen molar-refractivity contribution in [2.75, 3.05) is 44.2 Å². The molecule has 2 aliphatic heterocycles. The zero-order valence-corrected chi connectivity index (χ0v) is 13.2. The molecule has 0 bridgehead atoms. The lowest BCUT2D eigenvalue weighted by Gasteiger charge is -2.42. The summed E-state index contributed by atoms with van der Waals surface area (Å²) < 4.78 is 0. The van der Waals surface area contributed by atoms with Gasteiger partial charge in [-0.15, -0.1) is 0 Å². The lowest BCUT2D eigenvalue weighted by Crippen LogP contribution is -2.56. The summed E-state index contributed by atoms with van der Waals surface area (Å²) in [5, 5.41) is 0.774. The topological polar surface area (TPSA) is 26.8 Å². The molecule has 1 amide bonds. The van der Waals surface area contributed by atoms with Crippen LogP contribution in [0, 0.1) is 0 Å². The maximum atomic E-state index is 12.1. The number of benzene rings is 1. The molecule has 1 aromatic rings. The Morgan fingerprint density at radius 1 is 1.29 bits per heavy atom. The molecule has 1 aromatic carbocycles. The Balaban J connectivity index is 1.57. The number of hydrogen-bond acceptors (Lipinski definition) is 3. The summed E-state index contributed by atoms with van der Waals surface area (Å²) in [7, 11) is 0. The highest BCUT2D eigenvalue weighted by Gasteiger charge is 2.28. The second-order valence-electron chi connectivity index (χ2n) is 5.98. The van der Waals surface area contributed by atoms with E-state index >= 15 is 0 Å². The summed E-state index contributed by atoms with van der Waals surface area (Å²) in [6.45, 7) is 7.44. The van der Waals surface area contributed by atoms with Crippen LogP contribution in [0.15, 0.2) is 24.3 Å². The van der Waals surface area contributed by atoms with E-state index in [1.54, 1.807) is 0 Å². The summed E-state index contributed by atoms with van der Waals surface area (Å²) in [4.78, 5) is 18.7. The molecule has 2 fully saturated rings. The van der Waals surface area contributed by atoms with E-state index in [-0.39, 0.29) is 5.91 Å². The SMILES string of the molecule is CC1CN(c2cccc(Cl)c2)CCN1CC(=O)N1CCC1. The van der Waals surface area contributed by atoms with E-state index in [2.05, 4.69) is 22.8 Å². The van der Waals surface area contributed by atoms with Crippen LogP contribution in [0.1, 0.15) is 13.3 Å². The average molecular weight is 308 g/mol. The van der Waals surface area contributed by atoms with E-state index in [9.17, 15) is 4.79 Å². The summed E-state index contributed by atoms with van der Waals surface area (Å²) in [6.07, 6.45) is 1.16. The largest absolute Gasteiger partial charge is 0.369 e. The highest BCUT2D eigenvalue weighted by atomic mass is 35.5. The van der Waals surface area contributed by atoms with Crippen molar-refractivity contribution in [3.8, 4) is 0 Å². The number of halogens is 1. The number of piperazine rings is 1. The first kappa shape index (κ1) is 14.7. The number of amides is 1. The number of carbonyl (C=O) groups excluding carboxylic acids is 1. The predicted octanol–water partition coefficient (Wildman–Crippen LogP) is 2.08. The molecule has 1 unspecified atom stereocenters. The van der Waals surface area contributed by atoms with Gasteiger partial charge in [-0.25, -0.2) is 0 Å². The first-order valence-electron chi connectivity index (χ1n) is 7.66. The van der Waals surface area contributed by atoms with Crippen LogP contribution in [0.5, 0.6) is 0 Å². The number of carbonyl (C=O) groups is 1. The van der Waals surface area contributed by atoms with Crippen molar-refractivity contribution in [3.05, 3.63) is 29.3 Å². The molecule has 2 aliphatic rings. The third-order valence-corrected chi connectivity index (χ3v) is 4.72. The van der Waals surface area contributed by atoms with E-state index in [1.165, 1.54) is 5.69 Å². The quantitative estimate of drug-likeness (QED) is 0.855. The number of nitrogens with zero attached hydrogens (tertiary/aromatic N) is 3. The predicted molar refractivity (Wildman–Crippen MR) is 85.9 cm³/mol. The molecule has 114 valence electrons. The fourth-order valence-electron chi connectivity index (χ4n) is 2.98. The van der Waals surface area contributed by atoms with Crippen LogP contribution >= 0.6 is 11.6 Å². The van der Waals surface area contributed by atoms with Gasteiger partial charge in [0.25, 0.3) is 0 Å². The third kappa shape index (κ3) is 3.33. The lowest BCUT2D eigenvalue weighted by atomic mass is 10.1. The molecule has 2 saturated heterocycles. The van der Waals surface area contributed by atoms with Crippen LogP contribution in [0.4, 0.5) is 5.69 Å². The van der Waals surface area contributed by atoms with Crippen LogP contribution in [-0.2, 0) is 4.79 Å². The van der Waals surface area contributed by atoms with Gasteiger partial charge in [0.1, 0.15) is 0 Å². The molecule has 4 nitrogen and oxygen atoms in total. The van der Waals surface area contributed by atoms with Crippen molar-refractivity contribution >= 4 is 23.2 Å². The van der Waals surface area contributed by atoms with Gasteiger partial charge in [0.15, 0.2) is 0 Å². The van der Waals surface area contributed by atoms with Gasteiger partial charge in [0, 0.05) is 49.5 Å². The Morgan fingerprint density at radius 2 is 2.10 bits per heavy atom. The highest BCUT2D eigenvalue weighted by Crippen LogP contribution is 2.22. The Kier molecular flexibility index (Phi) is 4.36.